The second-order valence-corrected chi connectivity index (χ2v) is 6.06. The maximum absolute atomic E-state index is 5.61. The predicted molar refractivity (Wildman–Crippen MR) is 70.9 cm³/mol. The van der Waals surface area contributed by atoms with E-state index < -0.39 is 0 Å². The fraction of sp³-hybridized carbons (Fsp3) is 0.692. The monoisotopic (exact) mass is 298 g/mol. The molecule has 0 unspecified atom stereocenters. The second kappa shape index (κ2) is 4.75. The molecular formula is C13H19BrN2O. The van der Waals surface area contributed by atoms with Gasteiger partial charge < -0.3 is 4.42 Å². The Balaban J connectivity index is 1.66. The zero-order valence-electron chi connectivity index (χ0n) is 10.2. The number of hydrogen-bond acceptors (Lipinski definition) is 3. The van der Waals surface area contributed by atoms with Crippen LogP contribution in [0.3, 0.4) is 0 Å². The number of nitrogens with zero attached hydrogens (tertiary/aromatic N) is 2. The molecule has 1 aromatic rings. The highest BCUT2D eigenvalue weighted by molar-refractivity contribution is 9.10. The smallest absolute Gasteiger partial charge is 0.169 e. The van der Waals surface area contributed by atoms with Crippen molar-refractivity contribution in [2.24, 2.45) is 0 Å². The molecule has 4 heteroatoms. The van der Waals surface area contributed by atoms with Crippen LogP contribution in [0.1, 0.15) is 25.5 Å². The molecule has 0 saturated carbocycles. The van der Waals surface area contributed by atoms with Crippen LogP contribution in [0.15, 0.2) is 21.2 Å². The van der Waals surface area contributed by atoms with Gasteiger partial charge in [-0.25, -0.2) is 0 Å². The fourth-order valence-corrected chi connectivity index (χ4v) is 3.45. The maximum atomic E-state index is 5.61. The lowest BCUT2D eigenvalue weighted by atomic mass is 10.1. The average Bonchev–Trinajstić information content (AvgIpc) is 2.88. The predicted octanol–water partition coefficient (Wildman–Crippen LogP) is 2.71. The highest BCUT2D eigenvalue weighted by atomic mass is 79.9. The van der Waals surface area contributed by atoms with Crippen LogP contribution in [0.4, 0.5) is 0 Å². The fourth-order valence-electron chi connectivity index (χ4n) is 3.11. The van der Waals surface area contributed by atoms with Gasteiger partial charge >= 0.3 is 0 Å². The van der Waals surface area contributed by atoms with Gasteiger partial charge in [-0.3, -0.25) is 9.80 Å². The van der Waals surface area contributed by atoms with E-state index in [0.717, 1.165) is 23.0 Å². The maximum Gasteiger partial charge on any atom is 0.169 e. The highest BCUT2D eigenvalue weighted by Crippen LogP contribution is 2.26. The van der Waals surface area contributed by atoms with E-state index >= 15 is 0 Å². The molecule has 0 amide bonds. The van der Waals surface area contributed by atoms with Crippen LogP contribution < -0.4 is 0 Å². The number of piperazine rings is 1. The lowest BCUT2D eigenvalue weighted by Crippen LogP contribution is -2.54. The normalized spacial score (nSPS) is 30.7. The molecule has 2 aliphatic heterocycles. The molecule has 3 rings (SSSR count). The summed E-state index contributed by atoms with van der Waals surface area (Å²) in [4.78, 5) is 5.21. The van der Waals surface area contributed by atoms with Crippen molar-refractivity contribution in [1.82, 2.24) is 9.80 Å². The topological polar surface area (TPSA) is 19.6 Å². The lowest BCUT2D eigenvalue weighted by Gasteiger charge is -2.41. The van der Waals surface area contributed by atoms with Gasteiger partial charge in [0.25, 0.3) is 0 Å². The van der Waals surface area contributed by atoms with Crippen LogP contribution in [-0.4, -0.2) is 41.5 Å². The Bertz CT molecular complexity index is 393. The van der Waals surface area contributed by atoms with Gasteiger partial charge in [0.2, 0.25) is 0 Å². The summed E-state index contributed by atoms with van der Waals surface area (Å²) in [5.74, 6) is 1.06. The van der Waals surface area contributed by atoms with E-state index in [4.69, 9.17) is 4.42 Å². The van der Waals surface area contributed by atoms with Crippen LogP contribution in [0.2, 0.25) is 0 Å². The van der Waals surface area contributed by atoms with Gasteiger partial charge in [-0.15, -0.1) is 0 Å². The Labute approximate surface area is 111 Å². The molecule has 2 fully saturated rings. The molecule has 0 aromatic carbocycles. The Kier molecular flexibility index (Phi) is 3.28. The van der Waals surface area contributed by atoms with Gasteiger partial charge in [0.05, 0.1) is 6.54 Å². The van der Waals surface area contributed by atoms with Crippen molar-refractivity contribution in [3.63, 3.8) is 0 Å². The van der Waals surface area contributed by atoms with Gasteiger partial charge in [-0.05, 0) is 54.4 Å². The number of halogens is 1. The van der Waals surface area contributed by atoms with Crippen molar-refractivity contribution < 1.29 is 4.42 Å². The lowest BCUT2D eigenvalue weighted by molar-refractivity contribution is 0.0492. The van der Waals surface area contributed by atoms with E-state index in [1.165, 1.54) is 32.5 Å². The summed E-state index contributed by atoms with van der Waals surface area (Å²) in [6, 6.07) is 5.46. The molecule has 1 aromatic heterocycles. The van der Waals surface area contributed by atoms with E-state index in [1.54, 1.807) is 0 Å². The van der Waals surface area contributed by atoms with Gasteiger partial charge in [0.15, 0.2) is 4.67 Å². The molecule has 17 heavy (non-hydrogen) atoms. The molecule has 3 nitrogen and oxygen atoms in total. The zero-order valence-corrected chi connectivity index (χ0v) is 11.8. The molecule has 0 aliphatic carbocycles. The van der Waals surface area contributed by atoms with Crippen molar-refractivity contribution >= 4 is 15.9 Å². The zero-order chi connectivity index (χ0) is 11.8. The van der Waals surface area contributed by atoms with E-state index in [1.807, 2.05) is 6.07 Å². The van der Waals surface area contributed by atoms with E-state index in [0.29, 0.717) is 6.04 Å². The summed E-state index contributed by atoms with van der Waals surface area (Å²) in [5, 5.41) is 0. The SMILES string of the molecule is C[C@H]1CN2CCC[C@@H]2CN1Cc1ccc(Br)o1. The second-order valence-electron chi connectivity index (χ2n) is 5.28. The molecule has 94 valence electrons. The van der Waals surface area contributed by atoms with Crippen molar-refractivity contribution in [3.8, 4) is 0 Å². The quantitative estimate of drug-likeness (QED) is 0.837. The first-order valence-corrected chi connectivity index (χ1v) is 7.24. The summed E-state index contributed by atoms with van der Waals surface area (Å²) in [6.07, 6.45) is 2.74. The van der Waals surface area contributed by atoms with E-state index in [9.17, 15) is 0 Å². The van der Waals surface area contributed by atoms with Gasteiger partial charge in [-0.1, -0.05) is 0 Å². The summed E-state index contributed by atoms with van der Waals surface area (Å²) in [5.41, 5.74) is 0. The first-order valence-electron chi connectivity index (χ1n) is 6.44. The Morgan fingerprint density at radius 3 is 3.06 bits per heavy atom. The van der Waals surface area contributed by atoms with Crippen molar-refractivity contribution in [2.45, 2.75) is 38.4 Å². The molecule has 0 N–H and O–H groups in total. The van der Waals surface area contributed by atoms with Crippen molar-refractivity contribution in [2.75, 3.05) is 19.6 Å². The molecule has 2 aliphatic rings. The molecule has 3 heterocycles. The van der Waals surface area contributed by atoms with E-state index in [2.05, 4.69) is 38.7 Å². The third-order valence-electron chi connectivity index (χ3n) is 4.05. The third kappa shape index (κ3) is 2.44. The Hall–Kier alpha value is -0.320. The van der Waals surface area contributed by atoms with Crippen LogP contribution in [0.25, 0.3) is 0 Å². The van der Waals surface area contributed by atoms with Crippen molar-refractivity contribution in [1.29, 1.82) is 0 Å². The number of furan rings is 1. The summed E-state index contributed by atoms with van der Waals surface area (Å²) < 4.78 is 6.44. The van der Waals surface area contributed by atoms with Gasteiger partial charge in [-0.2, -0.15) is 0 Å². The van der Waals surface area contributed by atoms with E-state index in [-0.39, 0.29) is 0 Å². The minimum absolute atomic E-state index is 0.633. The standard InChI is InChI=1S/C13H19BrN2O/c1-10-7-15-6-2-3-11(15)8-16(10)9-12-4-5-13(14)17-12/h4-5,10-11H,2-3,6-9H2,1H3/t10-,11+/m0/s1. The Morgan fingerprint density at radius 1 is 1.41 bits per heavy atom. The van der Waals surface area contributed by atoms with Gasteiger partial charge in [0, 0.05) is 25.2 Å². The molecule has 2 saturated heterocycles. The molecule has 0 bridgehead atoms. The highest BCUT2D eigenvalue weighted by Gasteiger charge is 2.34. The minimum Gasteiger partial charge on any atom is -0.453 e. The van der Waals surface area contributed by atoms with Crippen molar-refractivity contribution in [3.05, 3.63) is 22.6 Å². The minimum atomic E-state index is 0.633. The third-order valence-corrected chi connectivity index (χ3v) is 4.48. The first kappa shape index (κ1) is 11.8. The number of rotatable bonds is 2. The van der Waals surface area contributed by atoms with Crippen LogP contribution in [-0.2, 0) is 6.54 Å². The van der Waals surface area contributed by atoms with Crippen LogP contribution >= 0.6 is 15.9 Å². The van der Waals surface area contributed by atoms with Crippen LogP contribution in [0.5, 0.6) is 0 Å². The van der Waals surface area contributed by atoms with Gasteiger partial charge in [0.1, 0.15) is 5.76 Å². The summed E-state index contributed by atoms with van der Waals surface area (Å²) >= 11 is 3.36. The largest absolute Gasteiger partial charge is 0.453 e. The number of hydrogen-bond donors (Lipinski definition) is 0. The molecule has 2 atom stereocenters. The molecule has 0 spiro atoms. The summed E-state index contributed by atoms with van der Waals surface area (Å²) in [6.45, 7) is 6.98. The average molecular weight is 299 g/mol. The molecule has 0 radical (unpaired) electrons. The Morgan fingerprint density at radius 2 is 2.29 bits per heavy atom. The number of fused-ring (bicyclic) bond motifs is 1. The van der Waals surface area contributed by atoms with Crippen LogP contribution in [0, 0.1) is 0 Å². The summed E-state index contributed by atoms with van der Waals surface area (Å²) in [7, 11) is 0. The first-order chi connectivity index (χ1) is 8.22. The molecular weight excluding hydrogens is 280 g/mol.